The van der Waals surface area contributed by atoms with E-state index >= 15 is 0 Å². The Morgan fingerprint density at radius 2 is 1.95 bits per heavy atom. The average Bonchev–Trinajstić information content (AvgIpc) is 2.25. The summed E-state index contributed by atoms with van der Waals surface area (Å²) in [6, 6.07) is 6.76. The standard InChI is InChI=1S/C13H17ClN2O3/c1-13(2,7-11(17)18)16-12(19)15-8-9-5-3-4-6-10(9)14/h3-6H,7-8H2,1-2H3,(H,17,18)(H2,15,16,19). The molecule has 0 atom stereocenters. The first-order valence-corrected chi connectivity index (χ1v) is 6.19. The SMILES string of the molecule is CC(C)(CC(=O)O)NC(=O)NCc1ccccc1Cl. The van der Waals surface area contributed by atoms with Crippen LogP contribution in [0.25, 0.3) is 0 Å². The Hall–Kier alpha value is -1.75. The number of hydrogen-bond donors (Lipinski definition) is 3. The summed E-state index contributed by atoms with van der Waals surface area (Å²) in [7, 11) is 0. The molecule has 1 rings (SSSR count). The van der Waals surface area contributed by atoms with Crippen LogP contribution in [-0.4, -0.2) is 22.6 Å². The molecule has 0 radical (unpaired) electrons. The van der Waals surface area contributed by atoms with Gasteiger partial charge in [-0.3, -0.25) is 4.79 Å². The largest absolute Gasteiger partial charge is 0.481 e. The number of hydrogen-bond acceptors (Lipinski definition) is 2. The summed E-state index contributed by atoms with van der Waals surface area (Å²) >= 11 is 5.96. The molecule has 0 bridgehead atoms. The van der Waals surface area contributed by atoms with Crippen LogP contribution in [0, 0.1) is 0 Å². The Kier molecular flexibility index (Phi) is 5.18. The van der Waals surface area contributed by atoms with Crippen molar-refractivity contribution in [2.75, 3.05) is 0 Å². The number of halogens is 1. The van der Waals surface area contributed by atoms with Crippen molar-refractivity contribution < 1.29 is 14.7 Å². The minimum Gasteiger partial charge on any atom is -0.481 e. The Morgan fingerprint density at radius 1 is 1.32 bits per heavy atom. The van der Waals surface area contributed by atoms with Gasteiger partial charge in [0.1, 0.15) is 0 Å². The number of carboxylic acid groups (broad SMARTS) is 1. The van der Waals surface area contributed by atoms with E-state index in [2.05, 4.69) is 10.6 Å². The number of urea groups is 1. The summed E-state index contributed by atoms with van der Waals surface area (Å²) in [5.74, 6) is -0.962. The molecular formula is C13H17ClN2O3. The second-order valence-electron chi connectivity index (χ2n) is 4.85. The van der Waals surface area contributed by atoms with E-state index in [1.807, 2.05) is 18.2 Å². The fraction of sp³-hybridized carbons (Fsp3) is 0.385. The highest BCUT2D eigenvalue weighted by molar-refractivity contribution is 6.31. The van der Waals surface area contributed by atoms with Crippen LogP contribution in [0.5, 0.6) is 0 Å². The van der Waals surface area contributed by atoms with Gasteiger partial charge in [0.05, 0.1) is 6.42 Å². The fourth-order valence-electron chi connectivity index (χ4n) is 1.59. The zero-order valence-corrected chi connectivity index (χ0v) is 11.6. The van der Waals surface area contributed by atoms with Crippen LogP contribution in [0.15, 0.2) is 24.3 Å². The molecule has 6 heteroatoms. The fourth-order valence-corrected chi connectivity index (χ4v) is 1.79. The molecule has 5 nitrogen and oxygen atoms in total. The lowest BCUT2D eigenvalue weighted by molar-refractivity contribution is -0.138. The van der Waals surface area contributed by atoms with E-state index in [9.17, 15) is 9.59 Å². The van der Waals surface area contributed by atoms with E-state index < -0.39 is 17.5 Å². The Labute approximate surface area is 117 Å². The maximum Gasteiger partial charge on any atom is 0.315 e. The van der Waals surface area contributed by atoms with E-state index in [-0.39, 0.29) is 13.0 Å². The quantitative estimate of drug-likeness (QED) is 0.777. The lowest BCUT2D eigenvalue weighted by Gasteiger charge is -2.24. The van der Waals surface area contributed by atoms with E-state index in [0.29, 0.717) is 5.02 Å². The van der Waals surface area contributed by atoms with Gasteiger partial charge in [-0.25, -0.2) is 4.79 Å². The molecule has 0 aliphatic heterocycles. The second kappa shape index (κ2) is 6.43. The molecule has 0 unspecified atom stereocenters. The maximum atomic E-state index is 11.7. The highest BCUT2D eigenvalue weighted by Crippen LogP contribution is 2.14. The number of aliphatic carboxylic acids is 1. The Morgan fingerprint density at radius 3 is 2.53 bits per heavy atom. The van der Waals surface area contributed by atoms with E-state index in [4.69, 9.17) is 16.7 Å². The molecule has 19 heavy (non-hydrogen) atoms. The molecule has 0 fully saturated rings. The molecule has 104 valence electrons. The Bertz CT molecular complexity index is 475. The number of amides is 2. The molecule has 0 saturated carbocycles. The minimum absolute atomic E-state index is 0.146. The summed E-state index contributed by atoms with van der Waals surface area (Å²) in [5, 5.41) is 14.5. The molecule has 1 aromatic rings. The normalized spacial score (nSPS) is 10.9. The van der Waals surface area contributed by atoms with Crippen LogP contribution in [0.2, 0.25) is 5.02 Å². The van der Waals surface area contributed by atoms with Crippen LogP contribution in [0.3, 0.4) is 0 Å². The smallest absolute Gasteiger partial charge is 0.315 e. The summed E-state index contributed by atoms with van der Waals surface area (Å²) in [6.45, 7) is 3.58. The zero-order valence-electron chi connectivity index (χ0n) is 10.9. The number of carboxylic acids is 1. The van der Waals surface area contributed by atoms with Crippen LogP contribution < -0.4 is 10.6 Å². The number of carbonyl (C=O) groups excluding carboxylic acids is 1. The molecule has 0 aromatic heterocycles. The van der Waals surface area contributed by atoms with Crippen molar-refractivity contribution in [1.29, 1.82) is 0 Å². The topological polar surface area (TPSA) is 78.4 Å². The first kappa shape index (κ1) is 15.3. The van der Waals surface area contributed by atoms with E-state index in [1.54, 1.807) is 19.9 Å². The third-order valence-electron chi connectivity index (χ3n) is 2.44. The summed E-state index contributed by atoms with van der Waals surface area (Å²) in [6.07, 6.45) is -0.146. The molecular weight excluding hydrogens is 268 g/mol. The predicted octanol–water partition coefficient (Wildman–Crippen LogP) is 2.39. The highest BCUT2D eigenvalue weighted by Gasteiger charge is 2.23. The van der Waals surface area contributed by atoms with Crippen molar-refractivity contribution >= 4 is 23.6 Å². The summed E-state index contributed by atoms with van der Waals surface area (Å²) < 4.78 is 0. The van der Waals surface area contributed by atoms with E-state index in [0.717, 1.165) is 5.56 Å². The van der Waals surface area contributed by atoms with Crippen molar-refractivity contribution in [3.8, 4) is 0 Å². The van der Waals surface area contributed by atoms with Gasteiger partial charge in [0.25, 0.3) is 0 Å². The van der Waals surface area contributed by atoms with E-state index in [1.165, 1.54) is 0 Å². The molecule has 1 aromatic carbocycles. The Balaban J connectivity index is 2.48. The minimum atomic E-state index is -0.962. The van der Waals surface area contributed by atoms with Gasteiger partial charge in [0.2, 0.25) is 0 Å². The van der Waals surface area contributed by atoms with Gasteiger partial charge in [-0.15, -0.1) is 0 Å². The number of benzene rings is 1. The van der Waals surface area contributed by atoms with Gasteiger partial charge in [0.15, 0.2) is 0 Å². The third-order valence-corrected chi connectivity index (χ3v) is 2.81. The van der Waals surface area contributed by atoms with Gasteiger partial charge in [-0.1, -0.05) is 29.8 Å². The molecule has 0 aliphatic carbocycles. The molecule has 2 amide bonds. The number of nitrogens with one attached hydrogen (secondary N) is 2. The molecule has 0 saturated heterocycles. The maximum absolute atomic E-state index is 11.7. The lowest BCUT2D eigenvalue weighted by atomic mass is 10.0. The van der Waals surface area contributed by atoms with Gasteiger partial charge in [-0.2, -0.15) is 0 Å². The van der Waals surface area contributed by atoms with Crippen molar-refractivity contribution in [2.24, 2.45) is 0 Å². The average molecular weight is 285 g/mol. The van der Waals surface area contributed by atoms with Gasteiger partial charge < -0.3 is 15.7 Å². The third kappa shape index (κ3) is 5.61. The van der Waals surface area contributed by atoms with Crippen molar-refractivity contribution in [3.05, 3.63) is 34.9 Å². The predicted molar refractivity (Wildman–Crippen MR) is 73.2 cm³/mol. The summed E-state index contributed by atoms with van der Waals surface area (Å²) in [4.78, 5) is 22.3. The van der Waals surface area contributed by atoms with Gasteiger partial charge in [0, 0.05) is 17.1 Å². The number of carbonyl (C=O) groups is 2. The van der Waals surface area contributed by atoms with Crippen LogP contribution in [-0.2, 0) is 11.3 Å². The zero-order chi connectivity index (χ0) is 14.5. The van der Waals surface area contributed by atoms with Crippen LogP contribution >= 0.6 is 11.6 Å². The second-order valence-corrected chi connectivity index (χ2v) is 5.26. The molecule has 3 N–H and O–H groups in total. The van der Waals surface area contributed by atoms with Gasteiger partial charge >= 0.3 is 12.0 Å². The van der Waals surface area contributed by atoms with Crippen molar-refractivity contribution in [3.63, 3.8) is 0 Å². The van der Waals surface area contributed by atoms with Crippen LogP contribution in [0.4, 0.5) is 4.79 Å². The number of rotatable bonds is 5. The lowest BCUT2D eigenvalue weighted by Crippen LogP contribution is -2.49. The molecule has 0 aliphatic rings. The monoisotopic (exact) mass is 284 g/mol. The first-order chi connectivity index (χ1) is 8.80. The van der Waals surface area contributed by atoms with Gasteiger partial charge in [-0.05, 0) is 25.5 Å². The first-order valence-electron chi connectivity index (χ1n) is 5.81. The highest BCUT2D eigenvalue weighted by atomic mass is 35.5. The van der Waals surface area contributed by atoms with Crippen molar-refractivity contribution in [2.45, 2.75) is 32.4 Å². The summed E-state index contributed by atoms with van der Waals surface area (Å²) in [5.41, 5.74) is -0.00787. The molecule has 0 spiro atoms. The van der Waals surface area contributed by atoms with Crippen molar-refractivity contribution in [1.82, 2.24) is 10.6 Å². The molecule has 0 heterocycles. The van der Waals surface area contributed by atoms with Crippen LogP contribution in [0.1, 0.15) is 25.8 Å².